The van der Waals surface area contributed by atoms with Crippen LogP contribution in [0.25, 0.3) is 11.6 Å². The van der Waals surface area contributed by atoms with Gasteiger partial charge in [0.25, 0.3) is 5.91 Å². The summed E-state index contributed by atoms with van der Waals surface area (Å²) in [5.74, 6) is 0.643. The summed E-state index contributed by atoms with van der Waals surface area (Å²) in [6.45, 7) is 6.55. The highest BCUT2D eigenvalue weighted by atomic mass is 32.2. The molecule has 0 unspecified atom stereocenters. The predicted octanol–water partition coefficient (Wildman–Crippen LogP) is 5.22. The van der Waals surface area contributed by atoms with E-state index in [-0.39, 0.29) is 11.4 Å². The largest absolute Gasteiger partial charge is 0.497 e. The van der Waals surface area contributed by atoms with Crippen LogP contribution in [0.2, 0.25) is 0 Å². The van der Waals surface area contributed by atoms with Crippen LogP contribution in [0.15, 0.2) is 58.4 Å². The number of anilines is 1. The minimum Gasteiger partial charge on any atom is -0.497 e. The summed E-state index contributed by atoms with van der Waals surface area (Å²) in [6, 6.07) is 13.7. The number of amides is 1. The van der Waals surface area contributed by atoms with Crippen molar-refractivity contribution in [3.63, 3.8) is 0 Å². The molecule has 2 heterocycles. The minimum atomic E-state index is -0.129. The van der Waals surface area contributed by atoms with Crippen LogP contribution in [0.4, 0.5) is 11.4 Å². The highest BCUT2D eigenvalue weighted by Gasteiger charge is 2.29. The third-order valence-electron chi connectivity index (χ3n) is 5.49. The molecule has 2 aliphatic heterocycles. The Balaban J connectivity index is 1.59. The second-order valence-electron chi connectivity index (χ2n) is 8.00. The third-order valence-corrected chi connectivity index (χ3v) is 6.40. The zero-order chi connectivity index (χ0) is 21.5. The van der Waals surface area contributed by atoms with Crippen molar-refractivity contribution in [1.82, 2.24) is 5.32 Å². The van der Waals surface area contributed by atoms with Crippen molar-refractivity contribution >= 4 is 45.9 Å². The van der Waals surface area contributed by atoms with E-state index in [2.05, 4.69) is 67.3 Å². The molecular weight excluding hydrogens is 394 g/mol. The maximum atomic E-state index is 12.4. The van der Waals surface area contributed by atoms with Gasteiger partial charge in [-0.3, -0.25) is 4.79 Å². The predicted molar refractivity (Wildman–Crippen MR) is 126 cm³/mol. The lowest BCUT2D eigenvalue weighted by Gasteiger charge is -2.40. The Morgan fingerprint density at radius 3 is 2.60 bits per heavy atom. The van der Waals surface area contributed by atoms with Crippen LogP contribution in [-0.2, 0) is 4.79 Å². The molecule has 1 N–H and O–H groups in total. The van der Waals surface area contributed by atoms with Gasteiger partial charge >= 0.3 is 0 Å². The number of hydrogen-bond acceptors (Lipinski definition) is 5. The monoisotopic (exact) mass is 419 g/mol. The molecule has 4 rings (SSSR count). The van der Waals surface area contributed by atoms with Gasteiger partial charge < -0.3 is 15.0 Å². The first-order valence-corrected chi connectivity index (χ1v) is 10.6. The summed E-state index contributed by atoms with van der Waals surface area (Å²) in [4.78, 5) is 19.9. The summed E-state index contributed by atoms with van der Waals surface area (Å²) < 4.78 is 5.17. The number of aliphatic imine (C=N–C) groups is 1. The maximum absolute atomic E-state index is 12.4. The number of carbonyl (C=O) groups is 1. The zero-order valence-electron chi connectivity index (χ0n) is 17.8. The molecule has 0 spiro atoms. The van der Waals surface area contributed by atoms with Gasteiger partial charge in [-0.05, 0) is 86.1 Å². The molecule has 1 amide bonds. The topological polar surface area (TPSA) is 53.9 Å². The number of thioether (sulfide) groups is 1. The van der Waals surface area contributed by atoms with Crippen molar-refractivity contribution in [2.24, 2.45) is 4.99 Å². The first kappa shape index (κ1) is 20.3. The fourth-order valence-electron chi connectivity index (χ4n) is 3.67. The van der Waals surface area contributed by atoms with Crippen LogP contribution in [0.1, 0.15) is 31.9 Å². The average molecular weight is 420 g/mol. The maximum Gasteiger partial charge on any atom is 0.264 e. The molecule has 2 aromatic carbocycles. The van der Waals surface area contributed by atoms with E-state index in [1.165, 1.54) is 28.6 Å². The van der Waals surface area contributed by atoms with E-state index in [0.717, 1.165) is 17.0 Å². The number of fused-ring (bicyclic) bond motifs is 1. The average Bonchev–Trinajstić information content (AvgIpc) is 3.05. The van der Waals surface area contributed by atoms with E-state index < -0.39 is 0 Å². The lowest BCUT2D eigenvalue weighted by molar-refractivity contribution is -0.115. The molecule has 1 fully saturated rings. The van der Waals surface area contributed by atoms with Gasteiger partial charge in [0.1, 0.15) is 5.75 Å². The molecule has 30 heavy (non-hydrogen) atoms. The summed E-state index contributed by atoms with van der Waals surface area (Å²) in [6.07, 6.45) is 4.20. The molecule has 2 aromatic rings. The Kier molecular flexibility index (Phi) is 5.20. The standard InChI is InChI=1S/C24H25N3O2S/c1-15-14-24(2,3)27(4)20-11-6-16(12-19(15)20)13-21-22(28)26-23(30-21)25-17-7-9-18(29-5)10-8-17/h6-14H,1-5H3,(H,25,26,28)/b21-13+. The fraction of sp³-hybridized carbons (Fsp3) is 0.250. The van der Waals surface area contributed by atoms with Crippen molar-refractivity contribution in [1.29, 1.82) is 0 Å². The van der Waals surface area contributed by atoms with E-state index in [1.54, 1.807) is 7.11 Å². The van der Waals surface area contributed by atoms with Gasteiger partial charge in [0.2, 0.25) is 0 Å². The van der Waals surface area contributed by atoms with Gasteiger partial charge in [0, 0.05) is 18.3 Å². The van der Waals surface area contributed by atoms with Gasteiger partial charge in [-0.15, -0.1) is 0 Å². The second kappa shape index (κ2) is 7.69. The smallest absolute Gasteiger partial charge is 0.264 e. The molecule has 6 heteroatoms. The normalized spacial score (nSPS) is 20.2. The van der Waals surface area contributed by atoms with Gasteiger partial charge in [-0.2, -0.15) is 0 Å². The Morgan fingerprint density at radius 2 is 1.90 bits per heavy atom. The Bertz CT molecular complexity index is 1100. The molecule has 5 nitrogen and oxygen atoms in total. The Morgan fingerprint density at radius 1 is 1.17 bits per heavy atom. The van der Waals surface area contributed by atoms with Crippen LogP contribution in [-0.4, -0.2) is 30.8 Å². The number of nitrogens with zero attached hydrogens (tertiary/aromatic N) is 2. The van der Waals surface area contributed by atoms with Gasteiger partial charge in [-0.25, -0.2) is 4.99 Å². The van der Waals surface area contributed by atoms with Crippen molar-refractivity contribution in [3.05, 3.63) is 64.6 Å². The molecular formula is C24H25N3O2S. The molecule has 0 atom stereocenters. The van der Waals surface area contributed by atoms with Crippen LogP contribution in [0, 0.1) is 0 Å². The number of rotatable bonds is 3. The summed E-state index contributed by atoms with van der Waals surface area (Å²) >= 11 is 1.35. The van der Waals surface area contributed by atoms with E-state index in [1.807, 2.05) is 30.3 Å². The fourth-order valence-corrected chi connectivity index (χ4v) is 4.51. The number of allylic oxidation sites excluding steroid dienone is 1. The summed E-state index contributed by atoms with van der Waals surface area (Å²) in [5, 5.41) is 3.42. The second-order valence-corrected chi connectivity index (χ2v) is 9.03. The van der Waals surface area contributed by atoms with E-state index >= 15 is 0 Å². The SMILES string of the molecule is COc1ccc(N=C2NC(=O)/C(=C\c3ccc4c(c3)C(C)=CC(C)(C)N4C)S2)cc1. The summed E-state index contributed by atoms with van der Waals surface area (Å²) in [5.41, 5.74) is 5.39. The molecule has 1 saturated heterocycles. The van der Waals surface area contributed by atoms with Crippen LogP contribution >= 0.6 is 11.8 Å². The molecule has 0 bridgehead atoms. The highest BCUT2D eigenvalue weighted by molar-refractivity contribution is 8.18. The number of nitrogens with one attached hydrogen (secondary N) is 1. The lowest BCUT2D eigenvalue weighted by Crippen LogP contribution is -2.42. The van der Waals surface area contributed by atoms with E-state index in [4.69, 9.17) is 4.74 Å². The van der Waals surface area contributed by atoms with Crippen molar-refractivity contribution in [3.8, 4) is 5.75 Å². The number of benzene rings is 2. The number of methoxy groups -OCH3 is 1. The summed E-state index contributed by atoms with van der Waals surface area (Å²) in [7, 11) is 3.74. The molecule has 2 aliphatic rings. The van der Waals surface area contributed by atoms with Crippen LogP contribution < -0.4 is 15.0 Å². The lowest BCUT2D eigenvalue weighted by atomic mass is 9.88. The highest BCUT2D eigenvalue weighted by Crippen LogP contribution is 2.39. The van der Waals surface area contributed by atoms with Crippen molar-refractivity contribution in [2.75, 3.05) is 19.1 Å². The first-order valence-electron chi connectivity index (χ1n) is 9.78. The number of hydrogen-bond donors (Lipinski definition) is 1. The number of carbonyl (C=O) groups excluding carboxylic acids is 1. The van der Waals surface area contributed by atoms with Gasteiger partial charge in [0.15, 0.2) is 5.17 Å². The molecule has 0 aliphatic carbocycles. The number of likely N-dealkylation sites (N-methyl/N-ethyl adjacent to an activating group) is 1. The van der Waals surface area contributed by atoms with E-state index in [9.17, 15) is 4.79 Å². The van der Waals surface area contributed by atoms with Gasteiger partial charge in [-0.1, -0.05) is 12.1 Å². The third kappa shape index (κ3) is 3.87. The van der Waals surface area contributed by atoms with Crippen molar-refractivity contribution in [2.45, 2.75) is 26.3 Å². The Hall–Kier alpha value is -2.99. The molecule has 154 valence electrons. The number of amidine groups is 1. The molecule has 0 saturated carbocycles. The van der Waals surface area contributed by atoms with Gasteiger partial charge in [0.05, 0.1) is 23.2 Å². The Labute approximate surface area is 181 Å². The van der Waals surface area contributed by atoms with Crippen LogP contribution in [0.5, 0.6) is 5.75 Å². The van der Waals surface area contributed by atoms with Crippen molar-refractivity contribution < 1.29 is 9.53 Å². The number of ether oxygens (including phenoxy) is 1. The van der Waals surface area contributed by atoms with E-state index in [0.29, 0.717) is 10.1 Å². The molecule has 0 aromatic heterocycles. The quantitative estimate of drug-likeness (QED) is 0.693. The van der Waals surface area contributed by atoms with Crippen LogP contribution in [0.3, 0.4) is 0 Å². The minimum absolute atomic E-state index is 0.0227. The zero-order valence-corrected chi connectivity index (χ0v) is 18.6. The molecule has 0 radical (unpaired) electrons. The first-order chi connectivity index (χ1) is 14.3.